The van der Waals surface area contributed by atoms with Gasteiger partial charge in [0.2, 0.25) is 0 Å². The van der Waals surface area contributed by atoms with Gasteiger partial charge >= 0.3 is 0 Å². The molecule has 3 aromatic rings. The molecule has 0 aliphatic rings. The zero-order valence-corrected chi connectivity index (χ0v) is 12.3. The van der Waals surface area contributed by atoms with E-state index in [0.717, 1.165) is 16.8 Å². The predicted octanol–water partition coefficient (Wildman–Crippen LogP) is 3.60. The number of aromatic nitrogens is 3. The number of rotatable bonds is 4. The van der Waals surface area contributed by atoms with Gasteiger partial charge in [0.25, 0.3) is 0 Å². The molecule has 0 amide bonds. The first-order chi connectivity index (χ1) is 10.8. The second-order valence-electron chi connectivity index (χ2n) is 4.72. The van der Waals surface area contributed by atoms with Gasteiger partial charge in [0, 0.05) is 35.6 Å². The highest BCUT2D eigenvalue weighted by atomic mass is 35.5. The third-order valence-electron chi connectivity index (χ3n) is 3.16. The molecular weight excluding hydrogens is 298 g/mol. The van der Waals surface area contributed by atoms with Crippen LogP contribution >= 0.6 is 11.6 Å². The van der Waals surface area contributed by atoms with Gasteiger partial charge in [-0.15, -0.1) is 0 Å². The Kier molecular flexibility index (Phi) is 4.03. The summed E-state index contributed by atoms with van der Waals surface area (Å²) in [4.78, 5) is 7.20. The minimum atomic E-state index is 0.390. The maximum atomic E-state index is 9.36. The molecule has 1 aromatic carbocycles. The molecule has 0 aliphatic heterocycles. The van der Waals surface area contributed by atoms with Crippen LogP contribution in [0.5, 0.6) is 0 Å². The van der Waals surface area contributed by atoms with E-state index in [2.05, 4.69) is 26.2 Å². The summed E-state index contributed by atoms with van der Waals surface area (Å²) < 4.78 is 0. The van der Waals surface area contributed by atoms with Gasteiger partial charge in [0.15, 0.2) is 5.82 Å². The van der Waals surface area contributed by atoms with Gasteiger partial charge in [-0.1, -0.05) is 23.7 Å². The van der Waals surface area contributed by atoms with Gasteiger partial charge < -0.3 is 4.98 Å². The van der Waals surface area contributed by atoms with E-state index in [-0.39, 0.29) is 0 Å². The number of hydrogen-bond acceptors (Lipinski definition) is 3. The van der Waals surface area contributed by atoms with Crippen LogP contribution in [0.3, 0.4) is 0 Å². The third-order valence-corrected chi connectivity index (χ3v) is 3.40. The Morgan fingerprint density at radius 2 is 2.27 bits per heavy atom. The summed E-state index contributed by atoms with van der Waals surface area (Å²) in [5.74, 6) is 0.390. The largest absolute Gasteiger partial charge is 0.367 e. The molecule has 2 N–H and O–H groups in total. The van der Waals surface area contributed by atoms with Crippen molar-refractivity contribution in [3.05, 3.63) is 70.1 Å². The molecule has 5 nitrogen and oxygen atoms in total. The van der Waals surface area contributed by atoms with Crippen molar-refractivity contribution in [1.82, 2.24) is 15.2 Å². The Labute approximate surface area is 132 Å². The first kappa shape index (κ1) is 14.1. The molecule has 0 saturated carbocycles. The standard InChI is InChI=1S/C16H12ClN5/c17-13-3-1-2-11(6-13)7-15-14(8-18)16(22-21-15)20-10-12-4-5-19-9-12/h1-6,9-10,19H,7H2,(H,21,22). The number of benzene rings is 1. The summed E-state index contributed by atoms with van der Waals surface area (Å²) in [6, 6.07) is 11.6. The zero-order valence-electron chi connectivity index (χ0n) is 11.5. The SMILES string of the molecule is N#Cc1c(N=Cc2cc[nH]c2)n[nH]c1Cc1cccc(Cl)c1. The molecule has 0 spiro atoms. The number of aromatic amines is 2. The first-order valence-electron chi connectivity index (χ1n) is 6.65. The van der Waals surface area contributed by atoms with E-state index in [1.807, 2.05) is 42.7 Å². The molecule has 2 aromatic heterocycles. The maximum absolute atomic E-state index is 9.36. The molecule has 22 heavy (non-hydrogen) atoms. The number of hydrogen-bond donors (Lipinski definition) is 2. The fourth-order valence-electron chi connectivity index (χ4n) is 2.11. The van der Waals surface area contributed by atoms with Gasteiger partial charge in [0.1, 0.15) is 11.6 Å². The molecule has 0 bridgehead atoms. The topological polar surface area (TPSA) is 80.6 Å². The summed E-state index contributed by atoms with van der Waals surface area (Å²) in [6.07, 6.45) is 5.84. The number of H-pyrrole nitrogens is 2. The molecule has 2 heterocycles. The quantitative estimate of drug-likeness (QED) is 0.722. The first-order valence-corrected chi connectivity index (χ1v) is 7.02. The van der Waals surface area contributed by atoms with E-state index >= 15 is 0 Å². The van der Waals surface area contributed by atoms with Crippen molar-refractivity contribution in [3.8, 4) is 6.07 Å². The van der Waals surface area contributed by atoms with E-state index in [1.165, 1.54) is 0 Å². The van der Waals surface area contributed by atoms with Crippen LogP contribution in [-0.4, -0.2) is 21.4 Å². The maximum Gasteiger partial charge on any atom is 0.191 e. The van der Waals surface area contributed by atoms with Gasteiger partial charge in [-0.25, -0.2) is 4.99 Å². The number of nitriles is 1. The monoisotopic (exact) mass is 309 g/mol. The number of aliphatic imine (C=N–C) groups is 1. The molecule has 0 radical (unpaired) electrons. The van der Waals surface area contributed by atoms with Crippen molar-refractivity contribution < 1.29 is 0 Å². The van der Waals surface area contributed by atoms with Crippen molar-refractivity contribution in [1.29, 1.82) is 5.26 Å². The number of nitrogens with one attached hydrogen (secondary N) is 2. The van der Waals surface area contributed by atoms with Crippen molar-refractivity contribution in [3.63, 3.8) is 0 Å². The molecule has 0 atom stereocenters. The van der Waals surface area contributed by atoms with Gasteiger partial charge in [0.05, 0.1) is 5.69 Å². The van der Waals surface area contributed by atoms with E-state index in [0.29, 0.717) is 22.8 Å². The zero-order chi connectivity index (χ0) is 15.4. The highest BCUT2D eigenvalue weighted by Crippen LogP contribution is 2.22. The average Bonchev–Trinajstić information content (AvgIpc) is 3.14. The smallest absolute Gasteiger partial charge is 0.191 e. The predicted molar refractivity (Wildman–Crippen MR) is 85.6 cm³/mol. The van der Waals surface area contributed by atoms with Crippen molar-refractivity contribution >= 4 is 23.6 Å². The van der Waals surface area contributed by atoms with E-state index in [9.17, 15) is 5.26 Å². The highest BCUT2D eigenvalue weighted by Gasteiger charge is 2.12. The Balaban J connectivity index is 1.86. The van der Waals surface area contributed by atoms with Crippen LogP contribution in [0.1, 0.15) is 22.4 Å². The minimum absolute atomic E-state index is 0.390. The molecule has 3 rings (SSSR count). The Morgan fingerprint density at radius 1 is 1.36 bits per heavy atom. The lowest BCUT2D eigenvalue weighted by Gasteiger charge is -2.00. The summed E-state index contributed by atoms with van der Waals surface area (Å²) in [7, 11) is 0. The van der Waals surface area contributed by atoms with E-state index < -0.39 is 0 Å². The lowest BCUT2D eigenvalue weighted by molar-refractivity contribution is 0.993. The lowest BCUT2D eigenvalue weighted by Crippen LogP contribution is -1.91. The molecule has 0 fully saturated rings. The lowest BCUT2D eigenvalue weighted by atomic mass is 10.1. The molecule has 0 unspecified atom stereocenters. The van der Waals surface area contributed by atoms with Crippen LogP contribution in [0.2, 0.25) is 5.02 Å². The fourth-order valence-corrected chi connectivity index (χ4v) is 2.32. The third kappa shape index (κ3) is 3.08. The second-order valence-corrected chi connectivity index (χ2v) is 5.16. The number of nitrogens with zero attached hydrogens (tertiary/aromatic N) is 3. The Hall–Kier alpha value is -2.84. The summed E-state index contributed by atoms with van der Waals surface area (Å²) in [6.45, 7) is 0. The highest BCUT2D eigenvalue weighted by molar-refractivity contribution is 6.30. The van der Waals surface area contributed by atoms with Crippen LogP contribution < -0.4 is 0 Å². The van der Waals surface area contributed by atoms with Gasteiger partial charge in [-0.2, -0.15) is 10.4 Å². The van der Waals surface area contributed by atoms with Crippen molar-refractivity contribution in [2.45, 2.75) is 6.42 Å². The Morgan fingerprint density at radius 3 is 3.00 bits per heavy atom. The van der Waals surface area contributed by atoms with Crippen molar-refractivity contribution in [2.24, 2.45) is 4.99 Å². The summed E-state index contributed by atoms with van der Waals surface area (Å²) >= 11 is 5.98. The molecule has 0 saturated heterocycles. The summed E-state index contributed by atoms with van der Waals surface area (Å²) in [5, 5.41) is 17.0. The van der Waals surface area contributed by atoms with E-state index in [1.54, 1.807) is 6.21 Å². The fraction of sp³-hybridized carbons (Fsp3) is 0.0625. The van der Waals surface area contributed by atoms with Gasteiger partial charge in [-0.05, 0) is 23.8 Å². The summed E-state index contributed by atoms with van der Waals surface area (Å²) in [5.41, 5.74) is 3.11. The van der Waals surface area contributed by atoms with Crippen LogP contribution in [0, 0.1) is 11.3 Å². The van der Waals surface area contributed by atoms with E-state index in [4.69, 9.17) is 11.6 Å². The van der Waals surface area contributed by atoms with Crippen LogP contribution in [0.4, 0.5) is 5.82 Å². The van der Waals surface area contributed by atoms with Crippen LogP contribution in [-0.2, 0) is 6.42 Å². The van der Waals surface area contributed by atoms with Crippen LogP contribution in [0.15, 0.2) is 47.7 Å². The molecule has 0 aliphatic carbocycles. The van der Waals surface area contributed by atoms with Gasteiger partial charge in [-0.3, -0.25) is 5.10 Å². The molecular formula is C16H12ClN5. The van der Waals surface area contributed by atoms with Crippen LogP contribution in [0.25, 0.3) is 0 Å². The normalized spacial score (nSPS) is 10.9. The molecule has 6 heteroatoms. The average molecular weight is 310 g/mol. The van der Waals surface area contributed by atoms with Crippen molar-refractivity contribution in [2.75, 3.05) is 0 Å². The molecule has 108 valence electrons. The number of halogens is 1. The minimum Gasteiger partial charge on any atom is -0.367 e. The second kappa shape index (κ2) is 6.29. The Bertz CT molecular complexity index is 840.